The zero-order valence-electron chi connectivity index (χ0n) is 7.25. The second-order valence-electron chi connectivity index (χ2n) is 2.79. The van der Waals surface area contributed by atoms with Gasteiger partial charge in [0.15, 0.2) is 0 Å². The molecule has 2 rings (SSSR count). The molecule has 1 aromatic heterocycles. The normalized spacial score (nSPS) is 9.64. The van der Waals surface area contributed by atoms with Crippen molar-refractivity contribution in [1.82, 2.24) is 9.94 Å². The van der Waals surface area contributed by atoms with Crippen LogP contribution in [0.3, 0.4) is 0 Å². The topological polar surface area (TPSA) is 61.8 Å². The van der Waals surface area contributed by atoms with Crippen LogP contribution >= 0.6 is 0 Å². The molecular formula is C10H7N3O. The zero-order chi connectivity index (χ0) is 9.97. The predicted molar refractivity (Wildman–Crippen MR) is 49.6 cm³/mol. The Balaban J connectivity index is 2.58. The smallest absolute Gasteiger partial charge is 0.114 e. The van der Waals surface area contributed by atoms with Crippen LogP contribution in [0.15, 0.2) is 36.5 Å². The van der Waals surface area contributed by atoms with Gasteiger partial charge in [-0.25, -0.2) is 0 Å². The number of nitrogens with zero attached hydrogens (tertiary/aromatic N) is 3. The van der Waals surface area contributed by atoms with E-state index in [0.717, 1.165) is 5.56 Å². The summed E-state index contributed by atoms with van der Waals surface area (Å²) < 4.78 is 0. The Kier molecular flexibility index (Phi) is 1.92. The van der Waals surface area contributed by atoms with Gasteiger partial charge in [0, 0.05) is 5.56 Å². The van der Waals surface area contributed by atoms with E-state index in [0.29, 0.717) is 16.1 Å². The summed E-state index contributed by atoms with van der Waals surface area (Å²) in [4.78, 5) is 0.654. The van der Waals surface area contributed by atoms with E-state index >= 15 is 0 Å². The third kappa shape index (κ3) is 1.31. The molecule has 4 nitrogen and oxygen atoms in total. The van der Waals surface area contributed by atoms with Crippen LogP contribution < -0.4 is 0 Å². The molecule has 0 aliphatic rings. The average Bonchev–Trinajstić information content (AvgIpc) is 2.61. The monoisotopic (exact) mass is 185 g/mol. The molecule has 0 bridgehead atoms. The quantitative estimate of drug-likeness (QED) is 0.687. The second kappa shape index (κ2) is 3.23. The molecule has 0 saturated heterocycles. The van der Waals surface area contributed by atoms with Gasteiger partial charge in [-0.05, 0) is 0 Å². The minimum atomic E-state index is 0.360. The van der Waals surface area contributed by atoms with E-state index in [2.05, 4.69) is 5.10 Å². The summed E-state index contributed by atoms with van der Waals surface area (Å²) in [7, 11) is 0. The molecule has 0 amide bonds. The molecule has 0 saturated carbocycles. The summed E-state index contributed by atoms with van der Waals surface area (Å²) in [5.41, 5.74) is 1.67. The molecule has 0 spiro atoms. The van der Waals surface area contributed by atoms with E-state index in [1.165, 1.54) is 6.20 Å². The first kappa shape index (κ1) is 8.32. The molecule has 68 valence electrons. The third-order valence-corrected chi connectivity index (χ3v) is 1.87. The first-order chi connectivity index (χ1) is 6.81. The Morgan fingerprint density at radius 2 is 2.00 bits per heavy atom. The molecular weight excluding hydrogens is 178 g/mol. The predicted octanol–water partition coefficient (Wildman–Crippen LogP) is 1.66. The molecule has 0 atom stereocenters. The highest BCUT2D eigenvalue weighted by Crippen LogP contribution is 2.20. The summed E-state index contributed by atoms with van der Waals surface area (Å²) in [6.45, 7) is 0. The summed E-state index contributed by atoms with van der Waals surface area (Å²) in [6, 6.07) is 11.2. The van der Waals surface area contributed by atoms with Gasteiger partial charge in [0.2, 0.25) is 0 Å². The number of benzene rings is 1. The van der Waals surface area contributed by atoms with Crippen molar-refractivity contribution < 1.29 is 5.21 Å². The fourth-order valence-corrected chi connectivity index (χ4v) is 1.25. The largest absolute Gasteiger partial charge is 0.412 e. The van der Waals surface area contributed by atoms with Gasteiger partial charge in [0.05, 0.1) is 6.20 Å². The van der Waals surface area contributed by atoms with Crippen molar-refractivity contribution in [3.63, 3.8) is 0 Å². The van der Waals surface area contributed by atoms with Gasteiger partial charge in [-0.2, -0.15) is 5.26 Å². The Morgan fingerprint density at radius 3 is 2.64 bits per heavy atom. The number of hydrogen-bond acceptors (Lipinski definition) is 3. The summed E-state index contributed by atoms with van der Waals surface area (Å²) in [5, 5.41) is 21.7. The van der Waals surface area contributed by atoms with E-state index in [1.807, 2.05) is 36.4 Å². The van der Waals surface area contributed by atoms with Gasteiger partial charge in [0.25, 0.3) is 0 Å². The van der Waals surface area contributed by atoms with Gasteiger partial charge >= 0.3 is 0 Å². The molecule has 14 heavy (non-hydrogen) atoms. The van der Waals surface area contributed by atoms with Crippen LogP contribution in [0.1, 0.15) is 5.56 Å². The number of nitriles is 1. The van der Waals surface area contributed by atoms with Gasteiger partial charge < -0.3 is 5.21 Å². The fourth-order valence-electron chi connectivity index (χ4n) is 1.25. The van der Waals surface area contributed by atoms with Gasteiger partial charge in [-0.3, -0.25) is 0 Å². The van der Waals surface area contributed by atoms with Gasteiger partial charge in [-0.1, -0.05) is 30.3 Å². The molecule has 1 N–H and O–H groups in total. The van der Waals surface area contributed by atoms with Crippen LogP contribution in [0, 0.1) is 11.3 Å². The van der Waals surface area contributed by atoms with Crippen molar-refractivity contribution in [1.29, 1.82) is 5.26 Å². The second-order valence-corrected chi connectivity index (χ2v) is 2.79. The minimum Gasteiger partial charge on any atom is -0.412 e. The SMILES string of the molecule is N#Cc1cn(O)nc1-c1ccccc1. The van der Waals surface area contributed by atoms with E-state index in [-0.39, 0.29) is 0 Å². The van der Waals surface area contributed by atoms with Crippen molar-refractivity contribution in [3.05, 3.63) is 42.1 Å². The highest BCUT2D eigenvalue weighted by Gasteiger charge is 2.09. The van der Waals surface area contributed by atoms with Crippen molar-refractivity contribution in [2.75, 3.05) is 0 Å². The van der Waals surface area contributed by atoms with E-state index < -0.39 is 0 Å². The molecule has 0 fully saturated rings. The zero-order valence-corrected chi connectivity index (χ0v) is 7.25. The van der Waals surface area contributed by atoms with Crippen molar-refractivity contribution in [2.45, 2.75) is 0 Å². The molecule has 0 radical (unpaired) electrons. The van der Waals surface area contributed by atoms with Crippen LogP contribution in [0.25, 0.3) is 11.3 Å². The molecule has 0 aliphatic carbocycles. The van der Waals surface area contributed by atoms with Gasteiger partial charge in [0.1, 0.15) is 17.3 Å². The molecule has 1 heterocycles. The lowest BCUT2D eigenvalue weighted by atomic mass is 10.1. The molecule has 0 unspecified atom stereocenters. The van der Waals surface area contributed by atoms with Crippen molar-refractivity contribution in [3.8, 4) is 17.3 Å². The van der Waals surface area contributed by atoms with Crippen LogP contribution in [0.2, 0.25) is 0 Å². The maximum Gasteiger partial charge on any atom is 0.114 e. The number of rotatable bonds is 1. The highest BCUT2D eigenvalue weighted by molar-refractivity contribution is 5.65. The van der Waals surface area contributed by atoms with Gasteiger partial charge in [-0.15, -0.1) is 9.94 Å². The molecule has 1 aromatic carbocycles. The Morgan fingerprint density at radius 1 is 1.29 bits per heavy atom. The van der Waals surface area contributed by atoms with Crippen LogP contribution in [0.4, 0.5) is 0 Å². The standard InChI is InChI=1S/C10H7N3O/c11-6-9-7-13(14)12-10(9)8-4-2-1-3-5-8/h1-5,7,14H. The summed E-state index contributed by atoms with van der Waals surface area (Å²) in [5.74, 6) is 0. The van der Waals surface area contributed by atoms with Crippen LogP contribution in [-0.4, -0.2) is 15.2 Å². The van der Waals surface area contributed by atoms with E-state index in [1.54, 1.807) is 0 Å². The minimum absolute atomic E-state index is 0.360. The lowest BCUT2D eigenvalue weighted by Gasteiger charge is -1.94. The van der Waals surface area contributed by atoms with Crippen LogP contribution in [-0.2, 0) is 0 Å². The highest BCUT2D eigenvalue weighted by atomic mass is 16.5. The summed E-state index contributed by atoms with van der Waals surface area (Å²) >= 11 is 0. The molecule has 2 aromatic rings. The fraction of sp³-hybridized carbons (Fsp3) is 0. The maximum atomic E-state index is 9.08. The Labute approximate surface area is 80.6 Å². The number of aromatic nitrogens is 2. The number of hydrogen-bond donors (Lipinski definition) is 1. The summed E-state index contributed by atoms with van der Waals surface area (Å²) in [6.07, 6.45) is 1.28. The van der Waals surface area contributed by atoms with Crippen LogP contribution in [0.5, 0.6) is 0 Å². The lowest BCUT2D eigenvalue weighted by molar-refractivity contribution is 0.149. The first-order valence-electron chi connectivity index (χ1n) is 4.05. The van der Waals surface area contributed by atoms with E-state index in [9.17, 15) is 0 Å². The lowest BCUT2D eigenvalue weighted by Crippen LogP contribution is -1.89. The van der Waals surface area contributed by atoms with Crippen molar-refractivity contribution >= 4 is 0 Å². The third-order valence-electron chi connectivity index (χ3n) is 1.87. The maximum absolute atomic E-state index is 9.08. The van der Waals surface area contributed by atoms with E-state index in [4.69, 9.17) is 10.5 Å². The Hall–Kier alpha value is -2.28. The molecule has 0 aliphatic heterocycles. The van der Waals surface area contributed by atoms with Crippen molar-refractivity contribution in [2.24, 2.45) is 0 Å². The average molecular weight is 185 g/mol. The Bertz CT molecular complexity index is 482. The first-order valence-corrected chi connectivity index (χ1v) is 4.05. The molecule has 4 heteroatoms.